The first-order valence-corrected chi connectivity index (χ1v) is 9.88. The minimum atomic E-state index is -3.87. The Balaban J connectivity index is 1.88. The van der Waals surface area contributed by atoms with Crippen molar-refractivity contribution in [1.82, 2.24) is 0 Å². The van der Waals surface area contributed by atoms with E-state index in [2.05, 4.69) is 0 Å². The number of benzene rings is 2. The van der Waals surface area contributed by atoms with Gasteiger partial charge >= 0.3 is 0 Å². The van der Waals surface area contributed by atoms with Crippen molar-refractivity contribution < 1.29 is 28.1 Å². The van der Waals surface area contributed by atoms with E-state index in [1.54, 1.807) is 12.1 Å². The Kier molecular flexibility index (Phi) is 5.74. The lowest BCUT2D eigenvalue weighted by Crippen LogP contribution is -2.42. The third-order valence-electron chi connectivity index (χ3n) is 4.46. The molecular weight excluding hydrogens is 356 g/mol. The number of rotatable bonds is 6. The van der Waals surface area contributed by atoms with Crippen LogP contribution in [0.3, 0.4) is 0 Å². The predicted octanol–water partition coefficient (Wildman–Crippen LogP) is 1.43. The molecule has 7 heteroatoms. The Labute approximate surface area is 152 Å². The highest BCUT2D eigenvalue weighted by molar-refractivity contribution is 7.92. The van der Waals surface area contributed by atoms with Crippen LogP contribution in [0.4, 0.5) is 0 Å². The molecule has 0 radical (unpaired) electrons. The van der Waals surface area contributed by atoms with Gasteiger partial charge in [-0.3, -0.25) is 0 Å². The zero-order valence-electron chi connectivity index (χ0n) is 14.4. The van der Waals surface area contributed by atoms with Crippen molar-refractivity contribution in [2.45, 2.75) is 42.2 Å². The molecule has 3 rings (SSSR count). The van der Waals surface area contributed by atoms with E-state index >= 15 is 0 Å². The summed E-state index contributed by atoms with van der Waals surface area (Å²) < 4.78 is 37.2. The highest BCUT2D eigenvalue weighted by atomic mass is 32.2. The lowest BCUT2D eigenvalue weighted by Gasteiger charge is -2.23. The van der Waals surface area contributed by atoms with E-state index in [0.717, 1.165) is 11.1 Å². The SMILES string of the molecule is Cc1ccc(S(=O)(=O)[C@@H]2[C@@H](OCc3ccccc3)[C@H](O)O[C@@H]2CO)cc1. The molecular formula is C19H22O6S. The van der Waals surface area contributed by atoms with Gasteiger partial charge in [0.05, 0.1) is 18.1 Å². The van der Waals surface area contributed by atoms with Crippen LogP contribution in [0.5, 0.6) is 0 Å². The summed E-state index contributed by atoms with van der Waals surface area (Å²) in [6, 6.07) is 15.7. The van der Waals surface area contributed by atoms with Crippen LogP contribution in [-0.4, -0.2) is 49.0 Å². The maximum absolute atomic E-state index is 13.1. The molecule has 1 heterocycles. The van der Waals surface area contributed by atoms with Crippen LogP contribution in [0.1, 0.15) is 11.1 Å². The van der Waals surface area contributed by atoms with Crippen LogP contribution in [0, 0.1) is 6.92 Å². The molecule has 6 nitrogen and oxygen atoms in total. The van der Waals surface area contributed by atoms with Crippen molar-refractivity contribution in [1.29, 1.82) is 0 Å². The first-order valence-electron chi connectivity index (χ1n) is 8.34. The Hall–Kier alpha value is -1.77. The second-order valence-electron chi connectivity index (χ2n) is 6.33. The molecule has 2 aromatic carbocycles. The zero-order valence-corrected chi connectivity index (χ0v) is 15.2. The molecule has 0 saturated carbocycles. The number of hydrogen-bond acceptors (Lipinski definition) is 6. The van der Waals surface area contributed by atoms with Crippen molar-refractivity contribution in [3.63, 3.8) is 0 Å². The number of ether oxygens (including phenoxy) is 2. The largest absolute Gasteiger partial charge is 0.394 e. The number of hydrogen-bond donors (Lipinski definition) is 2. The third-order valence-corrected chi connectivity index (χ3v) is 6.68. The fourth-order valence-corrected chi connectivity index (χ4v) is 5.01. The van der Waals surface area contributed by atoms with E-state index < -0.39 is 40.2 Å². The summed E-state index contributed by atoms with van der Waals surface area (Å²) in [5, 5.41) is 18.5. The van der Waals surface area contributed by atoms with Gasteiger partial charge in [-0.05, 0) is 24.6 Å². The van der Waals surface area contributed by atoms with Crippen LogP contribution in [-0.2, 0) is 25.9 Å². The highest BCUT2D eigenvalue weighted by Crippen LogP contribution is 2.32. The van der Waals surface area contributed by atoms with Crippen molar-refractivity contribution in [2.75, 3.05) is 6.61 Å². The Morgan fingerprint density at radius 1 is 1.08 bits per heavy atom. The molecule has 0 unspecified atom stereocenters. The molecule has 1 fully saturated rings. The first-order chi connectivity index (χ1) is 12.4. The van der Waals surface area contributed by atoms with Gasteiger partial charge in [0, 0.05) is 0 Å². The first kappa shape index (κ1) is 19.0. The number of aliphatic hydroxyl groups is 2. The molecule has 0 aromatic heterocycles. The maximum Gasteiger partial charge on any atom is 0.186 e. The molecule has 2 aromatic rings. The van der Waals surface area contributed by atoms with E-state index in [-0.39, 0.29) is 11.5 Å². The molecule has 140 valence electrons. The molecule has 2 N–H and O–H groups in total. The monoisotopic (exact) mass is 378 g/mol. The standard InChI is InChI=1S/C19H22O6S/c1-13-7-9-15(10-8-13)26(22,23)18-16(11-20)25-19(21)17(18)24-12-14-5-3-2-4-6-14/h2-10,16-21H,11-12H2,1H3/t16-,17-,18+,19-/m1/s1. The van der Waals surface area contributed by atoms with Gasteiger partial charge in [0.15, 0.2) is 16.1 Å². The summed E-state index contributed by atoms with van der Waals surface area (Å²) >= 11 is 0. The van der Waals surface area contributed by atoms with Crippen LogP contribution in [0.25, 0.3) is 0 Å². The van der Waals surface area contributed by atoms with Gasteiger partial charge in [-0.25, -0.2) is 8.42 Å². The molecule has 1 aliphatic rings. The van der Waals surface area contributed by atoms with E-state index in [1.165, 1.54) is 12.1 Å². The average Bonchev–Trinajstić information content (AvgIpc) is 2.97. The summed E-state index contributed by atoms with van der Waals surface area (Å²) in [6.45, 7) is 1.46. The van der Waals surface area contributed by atoms with Gasteiger partial charge in [0.1, 0.15) is 17.5 Å². The number of aliphatic hydroxyl groups excluding tert-OH is 2. The smallest absolute Gasteiger partial charge is 0.186 e. The van der Waals surface area contributed by atoms with Gasteiger partial charge in [-0.2, -0.15) is 0 Å². The van der Waals surface area contributed by atoms with Crippen LogP contribution in [0.15, 0.2) is 59.5 Å². The number of aryl methyl sites for hydroxylation is 1. The molecule has 0 bridgehead atoms. The van der Waals surface area contributed by atoms with E-state index in [1.807, 2.05) is 37.3 Å². The van der Waals surface area contributed by atoms with Crippen molar-refractivity contribution in [3.05, 3.63) is 65.7 Å². The van der Waals surface area contributed by atoms with Gasteiger partial charge in [-0.1, -0.05) is 48.0 Å². The maximum atomic E-state index is 13.1. The summed E-state index contributed by atoms with van der Waals surface area (Å²) in [5.41, 5.74) is 1.78. The second-order valence-corrected chi connectivity index (χ2v) is 8.44. The Morgan fingerprint density at radius 2 is 1.73 bits per heavy atom. The van der Waals surface area contributed by atoms with Gasteiger partial charge < -0.3 is 19.7 Å². The fourth-order valence-electron chi connectivity index (χ4n) is 3.06. The van der Waals surface area contributed by atoms with Crippen LogP contribution < -0.4 is 0 Å². The Bertz CT molecular complexity index is 819. The van der Waals surface area contributed by atoms with Gasteiger partial charge in [0.2, 0.25) is 0 Å². The highest BCUT2D eigenvalue weighted by Gasteiger charge is 2.52. The molecule has 26 heavy (non-hydrogen) atoms. The quantitative estimate of drug-likeness (QED) is 0.790. The summed E-state index contributed by atoms with van der Waals surface area (Å²) in [6.07, 6.45) is -3.59. The van der Waals surface area contributed by atoms with Crippen molar-refractivity contribution in [3.8, 4) is 0 Å². The Morgan fingerprint density at radius 3 is 2.35 bits per heavy atom. The summed E-state index contributed by atoms with van der Waals surface area (Å²) in [5.74, 6) is 0. The van der Waals surface area contributed by atoms with Crippen LogP contribution in [0.2, 0.25) is 0 Å². The lowest BCUT2D eigenvalue weighted by atomic mass is 10.2. The van der Waals surface area contributed by atoms with Gasteiger partial charge in [0.25, 0.3) is 0 Å². The molecule has 1 saturated heterocycles. The molecule has 0 aliphatic carbocycles. The summed E-state index contributed by atoms with van der Waals surface area (Å²) in [4.78, 5) is 0.109. The topological polar surface area (TPSA) is 93.1 Å². The number of sulfone groups is 1. The lowest BCUT2D eigenvalue weighted by molar-refractivity contribution is -0.148. The minimum Gasteiger partial charge on any atom is -0.394 e. The fraction of sp³-hybridized carbons (Fsp3) is 0.368. The average molecular weight is 378 g/mol. The normalized spacial score (nSPS) is 26.1. The van der Waals surface area contributed by atoms with E-state index in [0.29, 0.717) is 0 Å². The van der Waals surface area contributed by atoms with Crippen molar-refractivity contribution >= 4 is 9.84 Å². The third kappa shape index (κ3) is 3.82. The van der Waals surface area contributed by atoms with Crippen LogP contribution >= 0.6 is 0 Å². The minimum absolute atomic E-state index is 0.109. The molecule has 0 spiro atoms. The van der Waals surface area contributed by atoms with E-state index in [9.17, 15) is 18.6 Å². The zero-order chi connectivity index (χ0) is 18.7. The molecule has 1 aliphatic heterocycles. The predicted molar refractivity (Wildman–Crippen MR) is 95.1 cm³/mol. The van der Waals surface area contributed by atoms with Crippen molar-refractivity contribution in [2.24, 2.45) is 0 Å². The van der Waals surface area contributed by atoms with Gasteiger partial charge in [-0.15, -0.1) is 0 Å². The molecule has 0 amide bonds. The van der Waals surface area contributed by atoms with E-state index in [4.69, 9.17) is 9.47 Å². The second kappa shape index (κ2) is 7.85. The molecule has 4 atom stereocenters. The summed E-state index contributed by atoms with van der Waals surface area (Å²) in [7, 11) is -3.87.